The summed E-state index contributed by atoms with van der Waals surface area (Å²) < 4.78 is 1.78. The Morgan fingerprint density at radius 3 is 2.81 bits per heavy atom. The topological polar surface area (TPSA) is 58.9 Å². The minimum atomic E-state index is -0.105. The summed E-state index contributed by atoms with van der Waals surface area (Å²) >= 11 is 5.96. The highest BCUT2D eigenvalue weighted by Gasteiger charge is 2.27. The van der Waals surface area contributed by atoms with Crippen LogP contribution in [0.2, 0.25) is 5.02 Å². The van der Waals surface area contributed by atoms with Crippen molar-refractivity contribution in [3.05, 3.63) is 76.4 Å². The van der Waals surface area contributed by atoms with E-state index in [1.165, 1.54) is 11.1 Å². The highest BCUT2D eigenvalue weighted by Crippen LogP contribution is 2.24. The summed E-state index contributed by atoms with van der Waals surface area (Å²) in [6, 6.07) is 17.6. The first-order valence-electron chi connectivity index (χ1n) is 8.53. The van der Waals surface area contributed by atoms with Gasteiger partial charge in [-0.15, -0.1) is 0 Å². The number of halogens is 1. The van der Waals surface area contributed by atoms with Crippen LogP contribution >= 0.6 is 11.6 Å². The third-order valence-electron chi connectivity index (χ3n) is 4.48. The number of rotatable bonds is 4. The molecule has 0 radical (unpaired) electrons. The first kappa shape index (κ1) is 16.8. The van der Waals surface area contributed by atoms with Crippen LogP contribution in [0.3, 0.4) is 0 Å². The molecule has 0 fully saturated rings. The fraction of sp³-hybridized carbons (Fsp3) is 0.200. The molecule has 0 saturated heterocycles. The molecule has 6 heteroatoms. The molecule has 0 bridgehead atoms. The van der Waals surface area contributed by atoms with Gasteiger partial charge < -0.3 is 5.32 Å². The van der Waals surface area contributed by atoms with Crippen LogP contribution in [-0.2, 0) is 6.54 Å². The van der Waals surface area contributed by atoms with Gasteiger partial charge in [0, 0.05) is 17.1 Å². The maximum absolute atomic E-state index is 12.2. The summed E-state index contributed by atoms with van der Waals surface area (Å²) in [4.78, 5) is 12.2. The molecule has 0 saturated carbocycles. The van der Waals surface area contributed by atoms with Crippen LogP contribution < -0.4 is 10.6 Å². The Kier molecular flexibility index (Phi) is 4.49. The zero-order chi connectivity index (χ0) is 18.1. The molecule has 0 aliphatic carbocycles. The molecule has 132 valence electrons. The third kappa shape index (κ3) is 3.36. The van der Waals surface area contributed by atoms with Crippen molar-refractivity contribution in [1.82, 2.24) is 20.4 Å². The molecule has 1 atom stereocenters. The Hall–Kier alpha value is -2.63. The van der Waals surface area contributed by atoms with Crippen LogP contribution in [0.4, 0.5) is 0 Å². The van der Waals surface area contributed by atoms with E-state index in [0.717, 1.165) is 11.3 Å². The van der Waals surface area contributed by atoms with Crippen molar-refractivity contribution in [2.45, 2.75) is 19.6 Å². The number of carbonyl (C=O) groups excluding carboxylic acids is 1. The highest BCUT2D eigenvalue weighted by atomic mass is 35.5. The average Bonchev–Trinajstić information content (AvgIpc) is 3.08. The van der Waals surface area contributed by atoms with Crippen molar-refractivity contribution in [3.8, 4) is 11.3 Å². The summed E-state index contributed by atoms with van der Waals surface area (Å²) in [5.41, 5.74) is 4.68. The SMILES string of the molecule is Cc1cccc(CNC2CNC(=O)c3cc(-c4ccc(Cl)cc4)nn32)c1. The third-order valence-corrected chi connectivity index (χ3v) is 4.74. The Morgan fingerprint density at radius 1 is 1.23 bits per heavy atom. The van der Waals surface area contributed by atoms with Gasteiger partial charge in [-0.1, -0.05) is 53.6 Å². The van der Waals surface area contributed by atoms with Gasteiger partial charge >= 0.3 is 0 Å². The molecule has 2 heterocycles. The van der Waals surface area contributed by atoms with Crippen molar-refractivity contribution < 1.29 is 4.79 Å². The van der Waals surface area contributed by atoms with Crippen LogP contribution in [0.25, 0.3) is 11.3 Å². The highest BCUT2D eigenvalue weighted by molar-refractivity contribution is 6.30. The predicted molar refractivity (Wildman–Crippen MR) is 102 cm³/mol. The van der Waals surface area contributed by atoms with Crippen molar-refractivity contribution in [3.63, 3.8) is 0 Å². The van der Waals surface area contributed by atoms with Crippen LogP contribution in [0.1, 0.15) is 27.8 Å². The molecule has 1 amide bonds. The van der Waals surface area contributed by atoms with Gasteiger partial charge in [-0.3, -0.25) is 10.1 Å². The van der Waals surface area contributed by atoms with E-state index in [0.29, 0.717) is 23.8 Å². The van der Waals surface area contributed by atoms with Crippen molar-refractivity contribution >= 4 is 17.5 Å². The van der Waals surface area contributed by atoms with Crippen LogP contribution in [0, 0.1) is 6.92 Å². The normalized spacial score (nSPS) is 16.2. The number of nitrogens with zero attached hydrogens (tertiary/aromatic N) is 2. The fourth-order valence-electron chi connectivity index (χ4n) is 3.15. The second-order valence-electron chi connectivity index (χ2n) is 6.46. The zero-order valence-corrected chi connectivity index (χ0v) is 15.1. The number of fused-ring (bicyclic) bond motifs is 1. The van der Waals surface area contributed by atoms with E-state index in [1.54, 1.807) is 4.68 Å². The smallest absolute Gasteiger partial charge is 0.269 e. The number of benzene rings is 2. The van der Waals surface area contributed by atoms with Crippen molar-refractivity contribution in [2.75, 3.05) is 6.54 Å². The molecule has 2 aromatic carbocycles. The maximum atomic E-state index is 12.2. The van der Waals surface area contributed by atoms with E-state index in [-0.39, 0.29) is 12.1 Å². The summed E-state index contributed by atoms with van der Waals surface area (Å²) in [6.07, 6.45) is -0.0933. The largest absolute Gasteiger partial charge is 0.347 e. The standard InChI is InChI=1S/C20H19ClN4O/c1-13-3-2-4-14(9-13)11-22-19-12-23-20(26)18-10-17(24-25(18)19)15-5-7-16(21)8-6-15/h2-10,19,22H,11-12H2,1H3,(H,23,26). The molecule has 4 rings (SSSR count). The second-order valence-corrected chi connectivity index (χ2v) is 6.90. The number of hydrogen-bond acceptors (Lipinski definition) is 3. The van der Waals surface area contributed by atoms with Crippen LogP contribution in [0.5, 0.6) is 0 Å². The first-order chi connectivity index (χ1) is 12.6. The Balaban J connectivity index is 1.59. The zero-order valence-electron chi connectivity index (χ0n) is 14.4. The molecule has 0 spiro atoms. The Morgan fingerprint density at radius 2 is 2.04 bits per heavy atom. The van der Waals surface area contributed by atoms with E-state index >= 15 is 0 Å². The number of aromatic nitrogens is 2. The van der Waals surface area contributed by atoms with Gasteiger partial charge in [-0.25, -0.2) is 4.68 Å². The van der Waals surface area contributed by atoms with Crippen molar-refractivity contribution in [2.24, 2.45) is 0 Å². The lowest BCUT2D eigenvalue weighted by Gasteiger charge is -2.25. The van der Waals surface area contributed by atoms with Gasteiger partial charge in [-0.2, -0.15) is 5.10 Å². The first-order valence-corrected chi connectivity index (χ1v) is 8.90. The van der Waals surface area contributed by atoms with Crippen LogP contribution in [0.15, 0.2) is 54.6 Å². The van der Waals surface area contributed by atoms with Gasteiger partial charge in [0.1, 0.15) is 11.9 Å². The molecular formula is C20H19ClN4O. The maximum Gasteiger partial charge on any atom is 0.269 e. The molecule has 1 aliphatic rings. The van der Waals surface area contributed by atoms with Crippen LogP contribution in [-0.4, -0.2) is 22.2 Å². The lowest BCUT2D eigenvalue weighted by molar-refractivity contribution is 0.0900. The van der Waals surface area contributed by atoms with Gasteiger partial charge in [0.2, 0.25) is 0 Å². The van der Waals surface area contributed by atoms with E-state index < -0.39 is 0 Å². The summed E-state index contributed by atoms with van der Waals surface area (Å²) in [6.45, 7) is 3.28. The molecule has 1 aromatic heterocycles. The Labute approximate surface area is 157 Å². The lowest BCUT2D eigenvalue weighted by atomic mass is 10.1. The number of hydrogen-bond donors (Lipinski definition) is 2. The van der Waals surface area contributed by atoms with Crippen molar-refractivity contribution in [1.29, 1.82) is 0 Å². The monoisotopic (exact) mass is 366 g/mol. The Bertz CT molecular complexity index is 949. The van der Waals surface area contributed by atoms with Gasteiger partial charge in [0.25, 0.3) is 5.91 Å². The minimum absolute atomic E-state index is 0.0933. The number of carbonyl (C=O) groups is 1. The summed E-state index contributed by atoms with van der Waals surface area (Å²) in [7, 11) is 0. The molecule has 1 aliphatic heterocycles. The van der Waals surface area contributed by atoms with E-state index in [9.17, 15) is 4.79 Å². The summed E-state index contributed by atoms with van der Waals surface area (Å²) in [5, 5.41) is 11.7. The van der Waals surface area contributed by atoms with E-state index in [1.807, 2.05) is 36.4 Å². The molecular weight excluding hydrogens is 348 g/mol. The number of aryl methyl sites for hydroxylation is 1. The molecule has 5 nitrogen and oxygen atoms in total. The van der Waals surface area contributed by atoms with Gasteiger partial charge in [0.05, 0.1) is 12.2 Å². The molecule has 2 N–H and O–H groups in total. The molecule has 3 aromatic rings. The number of amides is 1. The van der Waals surface area contributed by atoms with E-state index in [2.05, 4.69) is 40.9 Å². The molecule has 26 heavy (non-hydrogen) atoms. The number of nitrogens with one attached hydrogen (secondary N) is 2. The lowest BCUT2D eigenvalue weighted by Crippen LogP contribution is -2.45. The predicted octanol–water partition coefficient (Wildman–Crippen LogP) is 3.54. The van der Waals surface area contributed by atoms with Gasteiger partial charge in [-0.05, 0) is 30.7 Å². The fourth-order valence-corrected chi connectivity index (χ4v) is 3.27. The second kappa shape index (κ2) is 6.94. The minimum Gasteiger partial charge on any atom is -0.347 e. The van der Waals surface area contributed by atoms with Gasteiger partial charge in [0.15, 0.2) is 0 Å². The van der Waals surface area contributed by atoms with E-state index in [4.69, 9.17) is 11.6 Å². The average molecular weight is 367 g/mol. The summed E-state index contributed by atoms with van der Waals surface area (Å²) in [5.74, 6) is -0.105. The molecule has 1 unspecified atom stereocenters. The quantitative estimate of drug-likeness (QED) is 0.742.